The maximum Gasteiger partial charge on any atom is 0.220 e. The second kappa shape index (κ2) is 8.14. The number of nitrogens with one attached hydrogen (secondary N) is 2. The number of terminal acetylenes is 1. The fourth-order valence-electron chi connectivity index (χ4n) is 1.74. The Morgan fingerprint density at radius 2 is 2.19 bits per heavy atom. The lowest BCUT2D eigenvalue weighted by Crippen LogP contribution is -2.44. The number of carbonyl (C=O) groups excluding carboxylic acids is 1. The van der Waals surface area contributed by atoms with E-state index in [9.17, 15) is 4.79 Å². The van der Waals surface area contributed by atoms with E-state index >= 15 is 0 Å². The molecule has 0 aromatic rings. The van der Waals surface area contributed by atoms with Crippen molar-refractivity contribution in [3.8, 4) is 12.3 Å². The van der Waals surface area contributed by atoms with Gasteiger partial charge in [-0.15, -0.1) is 12.3 Å². The van der Waals surface area contributed by atoms with E-state index in [1.165, 1.54) is 0 Å². The van der Waals surface area contributed by atoms with Crippen LogP contribution in [0.1, 0.15) is 19.3 Å². The van der Waals surface area contributed by atoms with E-state index < -0.39 is 0 Å². The summed E-state index contributed by atoms with van der Waals surface area (Å²) in [7, 11) is 0. The molecule has 0 saturated carbocycles. The highest BCUT2D eigenvalue weighted by molar-refractivity contribution is 5.76. The van der Waals surface area contributed by atoms with Gasteiger partial charge in [-0.2, -0.15) is 0 Å². The highest BCUT2D eigenvalue weighted by Crippen LogP contribution is 1.94. The minimum Gasteiger partial charge on any atom is -0.356 e. The van der Waals surface area contributed by atoms with Crippen molar-refractivity contribution in [3.05, 3.63) is 0 Å². The van der Waals surface area contributed by atoms with Crippen molar-refractivity contribution in [2.45, 2.75) is 19.3 Å². The van der Waals surface area contributed by atoms with Gasteiger partial charge in [0.05, 0.1) is 0 Å². The highest BCUT2D eigenvalue weighted by atomic mass is 16.1. The largest absolute Gasteiger partial charge is 0.356 e. The monoisotopic (exact) mass is 223 g/mol. The van der Waals surface area contributed by atoms with Crippen molar-refractivity contribution < 1.29 is 4.79 Å². The predicted octanol–water partition coefficient (Wildman–Crippen LogP) is -0.189. The quantitative estimate of drug-likeness (QED) is 0.485. The lowest BCUT2D eigenvalue weighted by molar-refractivity contribution is -0.120. The molecule has 1 aliphatic rings. The molecule has 0 spiro atoms. The van der Waals surface area contributed by atoms with E-state index in [4.69, 9.17) is 6.42 Å². The maximum absolute atomic E-state index is 11.2. The number of piperazine rings is 1. The number of amides is 1. The molecule has 0 aliphatic carbocycles. The van der Waals surface area contributed by atoms with Crippen molar-refractivity contribution in [3.63, 3.8) is 0 Å². The third-order valence-electron chi connectivity index (χ3n) is 2.68. The molecule has 2 N–H and O–H groups in total. The molecule has 1 aliphatic heterocycles. The number of nitrogens with zero attached hydrogens (tertiary/aromatic N) is 1. The Morgan fingerprint density at radius 1 is 1.44 bits per heavy atom. The van der Waals surface area contributed by atoms with Crippen LogP contribution in [0, 0.1) is 12.3 Å². The Hall–Kier alpha value is -1.05. The second-order valence-corrected chi connectivity index (χ2v) is 4.00. The summed E-state index contributed by atoms with van der Waals surface area (Å²) in [5.74, 6) is 2.53. The number of hydrogen-bond donors (Lipinski definition) is 2. The SMILES string of the molecule is C#CCCC(=O)NCCCN1CCNCC1. The zero-order valence-electron chi connectivity index (χ0n) is 9.80. The minimum atomic E-state index is 0.0678. The normalized spacial score (nSPS) is 16.7. The van der Waals surface area contributed by atoms with E-state index in [1.54, 1.807) is 0 Å². The molecule has 90 valence electrons. The van der Waals surface area contributed by atoms with E-state index in [-0.39, 0.29) is 5.91 Å². The summed E-state index contributed by atoms with van der Waals surface area (Å²) >= 11 is 0. The van der Waals surface area contributed by atoms with Crippen LogP contribution in [0.3, 0.4) is 0 Å². The van der Waals surface area contributed by atoms with Crippen LogP contribution in [0.5, 0.6) is 0 Å². The van der Waals surface area contributed by atoms with Crippen molar-refractivity contribution in [2.24, 2.45) is 0 Å². The van der Waals surface area contributed by atoms with Crippen LogP contribution in [-0.4, -0.2) is 50.1 Å². The molecule has 1 fully saturated rings. The van der Waals surface area contributed by atoms with Crippen molar-refractivity contribution >= 4 is 5.91 Å². The van der Waals surface area contributed by atoms with E-state index in [1.807, 2.05) is 0 Å². The molecule has 0 radical (unpaired) electrons. The van der Waals surface area contributed by atoms with Crippen LogP contribution in [0.4, 0.5) is 0 Å². The number of hydrogen-bond acceptors (Lipinski definition) is 3. The fraction of sp³-hybridized carbons (Fsp3) is 0.750. The van der Waals surface area contributed by atoms with Gasteiger partial charge in [0, 0.05) is 45.6 Å². The molecule has 1 amide bonds. The molecular formula is C12H21N3O. The molecule has 4 nitrogen and oxygen atoms in total. The van der Waals surface area contributed by atoms with Gasteiger partial charge in [0.15, 0.2) is 0 Å². The first-order chi connectivity index (χ1) is 7.83. The Bertz CT molecular complexity index is 241. The molecule has 1 saturated heterocycles. The van der Waals surface area contributed by atoms with Gasteiger partial charge in [0.2, 0.25) is 5.91 Å². The molecule has 0 atom stereocenters. The van der Waals surface area contributed by atoms with E-state index in [2.05, 4.69) is 21.5 Å². The molecule has 4 heteroatoms. The van der Waals surface area contributed by atoms with Crippen molar-refractivity contribution in [1.29, 1.82) is 0 Å². The van der Waals surface area contributed by atoms with Crippen LogP contribution in [0.2, 0.25) is 0 Å². The average molecular weight is 223 g/mol. The summed E-state index contributed by atoms with van der Waals surface area (Å²) in [6.45, 7) is 6.21. The molecule has 0 unspecified atom stereocenters. The minimum absolute atomic E-state index is 0.0678. The average Bonchev–Trinajstić information content (AvgIpc) is 2.33. The Balaban J connectivity index is 1.94. The van der Waals surface area contributed by atoms with E-state index in [0.717, 1.165) is 45.7 Å². The van der Waals surface area contributed by atoms with Gasteiger partial charge in [-0.05, 0) is 13.0 Å². The van der Waals surface area contributed by atoms with Crippen molar-refractivity contribution in [2.75, 3.05) is 39.3 Å². The summed E-state index contributed by atoms with van der Waals surface area (Å²) < 4.78 is 0. The molecule has 0 aromatic carbocycles. The lowest BCUT2D eigenvalue weighted by atomic mass is 10.3. The molecule has 0 bridgehead atoms. The summed E-state index contributed by atoms with van der Waals surface area (Å²) in [5.41, 5.74) is 0. The molecule has 1 heterocycles. The summed E-state index contributed by atoms with van der Waals surface area (Å²) in [5, 5.41) is 6.20. The maximum atomic E-state index is 11.2. The van der Waals surface area contributed by atoms with Gasteiger partial charge in [-0.25, -0.2) is 0 Å². The van der Waals surface area contributed by atoms with Gasteiger partial charge in [-0.3, -0.25) is 4.79 Å². The van der Waals surface area contributed by atoms with Gasteiger partial charge in [0.25, 0.3) is 0 Å². The predicted molar refractivity (Wildman–Crippen MR) is 65.0 cm³/mol. The molecule has 16 heavy (non-hydrogen) atoms. The molecule has 0 aromatic heterocycles. The Kier molecular flexibility index (Phi) is 6.62. The Labute approximate surface area is 97.8 Å². The zero-order chi connectivity index (χ0) is 11.6. The smallest absolute Gasteiger partial charge is 0.220 e. The molecule has 1 rings (SSSR count). The van der Waals surface area contributed by atoms with Gasteiger partial charge < -0.3 is 15.5 Å². The van der Waals surface area contributed by atoms with Gasteiger partial charge in [0.1, 0.15) is 0 Å². The lowest BCUT2D eigenvalue weighted by Gasteiger charge is -2.27. The van der Waals surface area contributed by atoms with Crippen LogP contribution in [0.15, 0.2) is 0 Å². The fourth-order valence-corrected chi connectivity index (χ4v) is 1.74. The first-order valence-corrected chi connectivity index (χ1v) is 5.96. The van der Waals surface area contributed by atoms with Gasteiger partial charge in [-0.1, -0.05) is 0 Å². The third kappa shape index (κ3) is 5.74. The van der Waals surface area contributed by atoms with Crippen molar-refractivity contribution in [1.82, 2.24) is 15.5 Å². The number of rotatable bonds is 6. The van der Waals surface area contributed by atoms with Crippen LogP contribution < -0.4 is 10.6 Å². The van der Waals surface area contributed by atoms with Crippen LogP contribution >= 0.6 is 0 Å². The number of carbonyl (C=O) groups is 1. The van der Waals surface area contributed by atoms with Crippen LogP contribution in [0.25, 0.3) is 0 Å². The first kappa shape index (κ1) is 13.0. The second-order valence-electron chi connectivity index (χ2n) is 4.00. The van der Waals surface area contributed by atoms with Crippen LogP contribution in [-0.2, 0) is 4.79 Å². The Morgan fingerprint density at radius 3 is 2.88 bits per heavy atom. The topological polar surface area (TPSA) is 44.4 Å². The van der Waals surface area contributed by atoms with E-state index in [0.29, 0.717) is 12.8 Å². The highest BCUT2D eigenvalue weighted by Gasteiger charge is 2.08. The molecular weight excluding hydrogens is 202 g/mol. The summed E-state index contributed by atoms with van der Waals surface area (Å²) in [6.07, 6.45) is 7.08. The summed E-state index contributed by atoms with van der Waals surface area (Å²) in [6, 6.07) is 0. The third-order valence-corrected chi connectivity index (χ3v) is 2.68. The first-order valence-electron chi connectivity index (χ1n) is 5.96. The summed E-state index contributed by atoms with van der Waals surface area (Å²) in [4.78, 5) is 13.6. The standard InChI is InChI=1S/C12H21N3O/c1-2-3-5-12(16)14-6-4-9-15-10-7-13-8-11-15/h1,13H,3-11H2,(H,14,16). The zero-order valence-corrected chi connectivity index (χ0v) is 9.80. The van der Waals surface area contributed by atoms with Gasteiger partial charge >= 0.3 is 0 Å².